The van der Waals surface area contributed by atoms with Crippen molar-refractivity contribution >= 4 is 21.9 Å². The predicted molar refractivity (Wildman–Crippen MR) is 83.0 cm³/mol. The van der Waals surface area contributed by atoms with Gasteiger partial charge in [0.05, 0.1) is 13.5 Å². The van der Waals surface area contributed by atoms with Crippen molar-refractivity contribution in [1.82, 2.24) is 10.0 Å². The fraction of sp³-hybridized carbons (Fsp3) is 0.429. The molecule has 8 nitrogen and oxygen atoms in total. The number of carboxylic acid groups (broad SMARTS) is 1. The Kier molecular flexibility index (Phi) is 6.52. The molecule has 0 aromatic heterocycles. The predicted octanol–water partition coefficient (Wildman–Crippen LogP) is 0.586. The molecule has 0 saturated carbocycles. The molecular formula is C14H20N2O6S. The summed E-state index contributed by atoms with van der Waals surface area (Å²) in [5.41, 5.74) is 0.0975. The minimum absolute atomic E-state index is 0.0491. The van der Waals surface area contributed by atoms with Gasteiger partial charge >= 0.3 is 5.97 Å². The highest BCUT2D eigenvalue weighted by Crippen LogP contribution is 2.25. The first kappa shape index (κ1) is 18.9. The third-order valence-corrected chi connectivity index (χ3v) is 4.41. The van der Waals surface area contributed by atoms with E-state index in [1.165, 1.54) is 25.3 Å². The first-order valence-corrected chi connectivity index (χ1v) is 8.36. The smallest absolute Gasteiger partial charge is 0.305 e. The Balaban J connectivity index is 3.08. The van der Waals surface area contributed by atoms with Gasteiger partial charge in [0.15, 0.2) is 0 Å². The van der Waals surface area contributed by atoms with Gasteiger partial charge in [-0.1, -0.05) is 0 Å². The highest BCUT2D eigenvalue weighted by atomic mass is 32.2. The number of carbonyl (C=O) groups is 2. The molecule has 3 N–H and O–H groups in total. The Labute approximate surface area is 134 Å². The van der Waals surface area contributed by atoms with Crippen LogP contribution in [0, 0.1) is 0 Å². The number of hydrogen-bond acceptors (Lipinski definition) is 5. The van der Waals surface area contributed by atoms with Gasteiger partial charge in [-0.25, -0.2) is 13.1 Å². The number of amides is 1. The van der Waals surface area contributed by atoms with Crippen molar-refractivity contribution in [3.8, 4) is 5.75 Å². The van der Waals surface area contributed by atoms with E-state index in [1.807, 2.05) is 0 Å². The summed E-state index contributed by atoms with van der Waals surface area (Å²) in [6, 6.07) is 3.65. The molecule has 0 aliphatic carbocycles. The molecule has 0 radical (unpaired) electrons. The number of aliphatic carboxylic acids is 1. The number of methoxy groups -OCH3 is 1. The van der Waals surface area contributed by atoms with Gasteiger partial charge in [-0.15, -0.1) is 0 Å². The van der Waals surface area contributed by atoms with Crippen LogP contribution in [-0.4, -0.2) is 45.1 Å². The van der Waals surface area contributed by atoms with Crippen molar-refractivity contribution in [3.63, 3.8) is 0 Å². The number of rotatable bonds is 8. The molecule has 128 valence electrons. The van der Waals surface area contributed by atoms with Gasteiger partial charge in [-0.3, -0.25) is 9.59 Å². The van der Waals surface area contributed by atoms with Crippen LogP contribution in [0.25, 0.3) is 0 Å². The summed E-state index contributed by atoms with van der Waals surface area (Å²) in [6.45, 7) is 3.30. The minimum atomic E-state index is -3.84. The van der Waals surface area contributed by atoms with Gasteiger partial charge in [0, 0.05) is 18.2 Å². The summed E-state index contributed by atoms with van der Waals surface area (Å²) in [5.74, 6) is -1.49. The van der Waals surface area contributed by atoms with E-state index in [-0.39, 0.29) is 35.2 Å². The van der Waals surface area contributed by atoms with Crippen LogP contribution in [0.4, 0.5) is 0 Å². The van der Waals surface area contributed by atoms with Gasteiger partial charge in [0.2, 0.25) is 10.0 Å². The van der Waals surface area contributed by atoms with Crippen LogP contribution in [0.15, 0.2) is 23.1 Å². The molecule has 9 heteroatoms. The van der Waals surface area contributed by atoms with Crippen LogP contribution in [0.3, 0.4) is 0 Å². The number of benzene rings is 1. The van der Waals surface area contributed by atoms with Crippen molar-refractivity contribution in [2.75, 3.05) is 13.7 Å². The number of nitrogens with one attached hydrogen (secondary N) is 2. The zero-order valence-electron chi connectivity index (χ0n) is 13.1. The van der Waals surface area contributed by atoms with E-state index in [1.54, 1.807) is 13.8 Å². The molecule has 1 amide bonds. The fourth-order valence-electron chi connectivity index (χ4n) is 1.79. The fourth-order valence-corrected chi connectivity index (χ4v) is 3.23. The highest BCUT2D eigenvalue weighted by molar-refractivity contribution is 7.89. The second kappa shape index (κ2) is 7.93. The summed E-state index contributed by atoms with van der Waals surface area (Å²) in [7, 11) is -2.51. The largest absolute Gasteiger partial charge is 0.495 e. The SMILES string of the molecule is COc1ccc(C(=O)NCCC(=O)O)cc1S(=O)(=O)NC(C)C. The lowest BCUT2D eigenvalue weighted by Gasteiger charge is -2.14. The molecule has 1 aromatic rings. The lowest BCUT2D eigenvalue weighted by atomic mass is 10.2. The van der Waals surface area contributed by atoms with Gasteiger partial charge in [-0.05, 0) is 32.0 Å². The van der Waals surface area contributed by atoms with Crippen molar-refractivity contribution < 1.29 is 27.9 Å². The number of ether oxygens (including phenoxy) is 1. The molecule has 0 spiro atoms. The van der Waals surface area contributed by atoms with Crippen LogP contribution in [0.2, 0.25) is 0 Å². The summed E-state index contributed by atoms with van der Waals surface area (Å²) >= 11 is 0. The molecule has 1 aromatic carbocycles. The standard InChI is InChI=1S/C14H20N2O6S/c1-9(2)16-23(20,21)12-8-10(4-5-11(12)22-3)14(19)15-7-6-13(17)18/h4-5,8-9,16H,6-7H2,1-3H3,(H,15,19)(H,17,18). The van der Waals surface area contributed by atoms with E-state index in [0.29, 0.717) is 0 Å². The van der Waals surface area contributed by atoms with Crippen molar-refractivity contribution in [3.05, 3.63) is 23.8 Å². The van der Waals surface area contributed by atoms with Gasteiger partial charge in [0.25, 0.3) is 5.91 Å². The van der Waals surface area contributed by atoms with E-state index in [0.717, 1.165) is 0 Å². The molecule has 0 heterocycles. The zero-order valence-corrected chi connectivity index (χ0v) is 13.9. The molecule has 0 bridgehead atoms. The molecular weight excluding hydrogens is 324 g/mol. The van der Waals surface area contributed by atoms with Crippen LogP contribution >= 0.6 is 0 Å². The summed E-state index contributed by atoms with van der Waals surface area (Å²) in [4.78, 5) is 22.2. The molecule has 0 aliphatic heterocycles. The third-order valence-electron chi connectivity index (χ3n) is 2.73. The van der Waals surface area contributed by atoms with E-state index in [2.05, 4.69) is 10.0 Å². The average molecular weight is 344 g/mol. The van der Waals surface area contributed by atoms with E-state index in [9.17, 15) is 18.0 Å². The number of sulfonamides is 1. The van der Waals surface area contributed by atoms with E-state index < -0.39 is 21.9 Å². The van der Waals surface area contributed by atoms with Gasteiger partial charge in [-0.2, -0.15) is 0 Å². The highest BCUT2D eigenvalue weighted by Gasteiger charge is 2.22. The Hall–Kier alpha value is -2.13. The second-order valence-electron chi connectivity index (χ2n) is 5.04. The summed E-state index contributed by atoms with van der Waals surface area (Å²) in [5, 5.41) is 11.0. The van der Waals surface area contributed by atoms with Crippen LogP contribution in [0.5, 0.6) is 5.75 Å². The van der Waals surface area contributed by atoms with Crippen molar-refractivity contribution in [1.29, 1.82) is 0 Å². The minimum Gasteiger partial charge on any atom is -0.495 e. The Morgan fingerprint density at radius 1 is 1.30 bits per heavy atom. The lowest BCUT2D eigenvalue weighted by Crippen LogP contribution is -2.31. The van der Waals surface area contributed by atoms with Crippen molar-refractivity contribution in [2.45, 2.75) is 31.2 Å². The molecule has 0 fully saturated rings. The van der Waals surface area contributed by atoms with Crippen LogP contribution in [0.1, 0.15) is 30.6 Å². The maximum Gasteiger partial charge on any atom is 0.305 e. The average Bonchev–Trinajstić information content (AvgIpc) is 2.44. The molecule has 0 aliphatic rings. The Morgan fingerprint density at radius 2 is 1.96 bits per heavy atom. The topological polar surface area (TPSA) is 122 Å². The summed E-state index contributed by atoms with van der Waals surface area (Å²) < 4.78 is 32.0. The van der Waals surface area contributed by atoms with E-state index in [4.69, 9.17) is 9.84 Å². The quantitative estimate of drug-likeness (QED) is 0.634. The molecule has 0 unspecified atom stereocenters. The van der Waals surface area contributed by atoms with Crippen LogP contribution < -0.4 is 14.8 Å². The van der Waals surface area contributed by atoms with Gasteiger partial charge in [0.1, 0.15) is 10.6 Å². The Bertz CT molecular complexity index is 685. The molecule has 23 heavy (non-hydrogen) atoms. The Morgan fingerprint density at radius 3 is 2.48 bits per heavy atom. The maximum absolute atomic E-state index is 12.3. The summed E-state index contributed by atoms with van der Waals surface area (Å²) in [6.07, 6.45) is -0.220. The monoisotopic (exact) mass is 344 g/mol. The van der Waals surface area contributed by atoms with Crippen molar-refractivity contribution in [2.24, 2.45) is 0 Å². The number of carboxylic acids is 1. The third kappa shape index (κ3) is 5.53. The number of carbonyl (C=O) groups excluding carboxylic acids is 1. The molecule has 0 saturated heterocycles. The normalized spacial score (nSPS) is 11.3. The first-order valence-electron chi connectivity index (χ1n) is 6.87. The van der Waals surface area contributed by atoms with Crippen LogP contribution in [-0.2, 0) is 14.8 Å². The lowest BCUT2D eigenvalue weighted by molar-refractivity contribution is -0.136. The molecule has 0 atom stereocenters. The number of hydrogen-bond donors (Lipinski definition) is 3. The van der Waals surface area contributed by atoms with Gasteiger partial charge < -0.3 is 15.2 Å². The zero-order chi connectivity index (χ0) is 17.6. The maximum atomic E-state index is 12.3. The van der Waals surface area contributed by atoms with E-state index >= 15 is 0 Å². The second-order valence-corrected chi connectivity index (χ2v) is 6.72. The first-order chi connectivity index (χ1) is 10.7. The molecule has 1 rings (SSSR count).